The Morgan fingerprint density at radius 3 is 2.20 bits per heavy atom. The molecule has 1 amide bonds. The lowest BCUT2D eigenvalue weighted by atomic mass is 9.81. The van der Waals surface area contributed by atoms with Crippen LogP contribution in [-0.4, -0.2) is 27.6 Å². The summed E-state index contributed by atoms with van der Waals surface area (Å²) in [6, 6.07) is 4.33. The number of halogens is 3. The van der Waals surface area contributed by atoms with Crippen LogP contribution in [0.15, 0.2) is 24.3 Å². The van der Waals surface area contributed by atoms with Crippen LogP contribution < -0.4 is 5.43 Å². The van der Waals surface area contributed by atoms with E-state index in [9.17, 15) is 28.1 Å². The number of hydrogen-bond donors (Lipinski definition) is 1. The molecule has 0 aliphatic carbocycles. The van der Waals surface area contributed by atoms with Gasteiger partial charge < -0.3 is 0 Å². The Morgan fingerprint density at radius 1 is 1.28 bits per heavy atom. The van der Waals surface area contributed by atoms with E-state index in [1.165, 1.54) is 0 Å². The lowest BCUT2D eigenvalue weighted by Gasteiger charge is -2.48. The quantitative estimate of drug-likeness (QED) is 0.643. The molecular weight excluding hydrogens is 339 g/mol. The number of non-ortho nitro benzene ring substituents is 1. The van der Waals surface area contributed by atoms with Gasteiger partial charge in [-0.1, -0.05) is 13.3 Å². The van der Waals surface area contributed by atoms with Crippen LogP contribution in [0, 0.1) is 10.1 Å². The molecule has 0 saturated carbocycles. The molecule has 1 aliphatic rings. The van der Waals surface area contributed by atoms with E-state index in [2.05, 4.69) is 5.43 Å². The number of nitro groups is 1. The summed E-state index contributed by atoms with van der Waals surface area (Å²) >= 11 is 0. The van der Waals surface area contributed by atoms with E-state index in [-0.39, 0.29) is 30.5 Å². The Balaban J connectivity index is 2.67. The summed E-state index contributed by atoms with van der Waals surface area (Å²) in [7, 11) is 0. The van der Waals surface area contributed by atoms with Gasteiger partial charge in [0.25, 0.3) is 5.69 Å². The van der Waals surface area contributed by atoms with E-state index in [0.717, 1.165) is 29.3 Å². The fraction of sp³-hybridized carbons (Fsp3) is 0.562. The van der Waals surface area contributed by atoms with Gasteiger partial charge >= 0.3 is 6.18 Å². The van der Waals surface area contributed by atoms with Crippen molar-refractivity contribution in [3.63, 3.8) is 0 Å². The maximum atomic E-state index is 14.3. The molecule has 6 nitrogen and oxygen atoms in total. The average molecular weight is 359 g/mol. The number of rotatable bonds is 5. The smallest absolute Gasteiger partial charge is 0.287 e. The first-order chi connectivity index (χ1) is 11.5. The summed E-state index contributed by atoms with van der Waals surface area (Å²) in [4.78, 5) is 21.9. The lowest BCUT2D eigenvalue weighted by molar-refractivity contribution is -0.384. The van der Waals surface area contributed by atoms with Crippen LogP contribution in [-0.2, 0) is 10.3 Å². The van der Waals surface area contributed by atoms with Crippen molar-refractivity contribution >= 4 is 11.6 Å². The SMILES string of the molecule is CCC[C@@](c1ccc([N+](=O)[O-])cc1)(N1NC(=O)CC1(C)C)C(F)(F)F. The second-order valence-corrected chi connectivity index (χ2v) is 6.77. The molecule has 0 unspecified atom stereocenters. The Hall–Kier alpha value is -2.16. The lowest BCUT2D eigenvalue weighted by Crippen LogP contribution is -2.64. The molecule has 0 bridgehead atoms. The number of nitro benzene ring substituents is 1. The van der Waals surface area contributed by atoms with Crippen LogP contribution in [0.5, 0.6) is 0 Å². The average Bonchev–Trinajstić information content (AvgIpc) is 2.76. The van der Waals surface area contributed by atoms with Gasteiger partial charge in [-0.05, 0) is 38.0 Å². The van der Waals surface area contributed by atoms with Gasteiger partial charge in [0.1, 0.15) is 0 Å². The van der Waals surface area contributed by atoms with Gasteiger partial charge in [0, 0.05) is 24.1 Å². The third-order valence-corrected chi connectivity index (χ3v) is 4.45. The molecule has 1 aromatic rings. The molecule has 1 aliphatic heterocycles. The third-order valence-electron chi connectivity index (χ3n) is 4.45. The predicted octanol–water partition coefficient (Wildman–Crippen LogP) is 3.67. The highest BCUT2D eigenvalue weighted by molar-refractivity contribution is 5.79. The number of carbonyl (C=O) groups excluding carboxylic acids is 1. The summed E-state index contributed by atoms with van der Waals surface area (Å²) in [5.41, 5.74) is -1.61. The third kappa shape index (κ3) is 3.20. The summed E-state index contributed by atoms with van der Waals surface area (Å²) in [6.07, 6.45) is -4.85. The van der Waals surface area contributed by atoms with Gasteiger partial charge in [0.2, 0.25) is 5.91 Å². The molecule has 0 radical (unpaired) electrons. The van der Waals surface area contributed by atoms with Crippen LogP contribution in [0.25, 0.3) is 0 Å². The molecule has 25 heavy (non-hydrogen) atoms. The first kappa shape index (κ1) is 19.2. The monoisotopic (exact) mass is 359 g/mol. The van der Waals surface area contributed by atoms with Crippen LogP contribution in [0.3, 0.4) is 0 Å². The first-order valence-electron chi connectivity index (χ1n) is 7.87. The second-order valence-electron chi connectivity index (χ2n) is 6.77. The second kappa shape index (κ2) is 6.29. The standard InChI is InChI=1S/C16H20F3N3O3/c1-4-9-15(16(17,18)19,22-14(2,3)10-13(23)20-22)11-5-7-12(8-6-11)21(24)25/h5-8H,4,9-10H2,1-3H3,(H,20,23)/t15-/m0/s1. The normalized spacial score (nSPS) is 20.2. The van der Waals surface area contributed by atoms with E-state index < -0.39 is 28.1 Å². The fourth-order valence-corrected chi connectivity index (χ4v) is 3.44. The van der Waals surface area contributed by atoms with Gasteiger partial charge in [-0.3, -0.25) is 20.3 Å². The number of hydrazine groups is 1. The summed E-state index contributed by atoms with van der Waals surface area (Å²) in [5, 5.41) is 11.8. The minimum Gasteiger partial charge on any atom is -0.287 e. The number of hydrogen-bond acceptors (Lipinski definition) is 4. The van der Waals surface area contributed by atoms with Crippen LogP contribution >= 0.6 is 0 Å². The molecule has 1 heterocycles. The Kier molecular flexibility index (Phi) is 4.82. The van der Waals surface area contributed by atoms with Gasteiger partial charge in [0.15, 0.2) is 5.54 Å². The number of alkyl halides is 3. The van der Waals surface area contributed by atoms with Crippen molar-refractivity contribution in [2.75, 3.05) is 0 Å². The maximum Gasteiger partial charge on any atom is 0.412 e. The van der Waals surface area contributed by atoms with Crippen LogP contribution in [0.1, 0.15) is 45.6 Å². The number of nitrogens with one attached hydrogen (secondary N) is 1. The Labute approximate surface area is 143 Å². The molecule has 1 saturated heterocycles. The number of carbonyl (C=O) groups is 1. The number of nitrogens with zero attached hydrogens (tertiary/aromatic N) is 2. The largest absolute Gasteiger partial charge is 0.412 e. The Morgan fingerprint density at radius 2 is 1.84 bits per heavy atom. The molecule has 1 atom stereocenters. The molecule has 2 rings (SSSR count). The fourth-order valence-electron chi connectivity index (χ4n) is 3.44. The highest BCUT2D eigenvalue weighted by Gasteiger charge is 2.64. The van der Waals surface area contributed by atoms with Gasteiger partial charge in [-0.2, -0.15) is 18.2 Å². The van der Waals surface area contributed by atoms with Crippen molar-refractivity contribution in [1.29, 1.82) is 0 Å². The van der Waals surface area contributed by atoms with Gasteiger partial charge in [-0.25, -0.2) is 0 Å². The van der Waals surface area contributed by atoms with E-state index in [1.54, 1.807) is 20.8 Å². The number of amides is 1. The molecule has 0 spiro atoms. The highest BCUT2D eigenvalue weighted by atomic mass is 19.4. The first-order valence-corrected chi connectivity index (χ1v) is 7.87. The van der Waals surface area contributed by atoms with Crippen molar-refractivity contribution < 1.29 is 22.9 Å². The van der Waals surface area contributed by atoms with E-state index in [0.29, 0.717) is 0 Å². The maximum absolute atomic E-state index is 14.3. The van der Waals surface area contributed by atoms with E-state index in [4.69, 9.17) is 0 Å². The topological polar surface area (TPSA) is 75.5 Å². The minimum absolute atomic E-state index is 0.0679. The van der Waals surface area contributed by atoms with Crippen molar-refractivity contribution in [2.24, 2.45) is 0 Å². The highest BCUT2D eigenvalue weighted by Crippen LogP contribution is 2.50. The predicted molar refractivity (Wildman–Crippen MR) is 84.4 cm³/mol. The summed E-state index contributed by atoms with van der Waals surface area (Å²) in [5.74, 6) is -0.489. The summed E-state index contributed by atoms with van der Waals surface area (Å²) in [6.45, 7) is 4.75. The van der Waals surface area contributed by atoms with Crippen molar-refractivity contribution in [1.82, 2.24) is 10.4 Å². The molecule has 138 valence electrons. The van der Waals surface area contributed by atoms with E-state index >= 15 is 0 Å². The van der Waals surface area contributed by atoms with Crippen molar-refractivity contribution in [3.05, 3.63) is 39.9 Å². The van der Waals surface area contributed by atoms with Crippen LogP contribution in [0.2, 0.25) is 0 Å². The molecule has 0 aromatic heterocycles. The molecule has 9 heteroatoms. The molecule has 1 aromatic carbocycles. The Bertz CT molecular complexity index is 673. The summed E-state index contributed by atoms with van der Waals surface area (Å²) < 4.78 is 42.9. The zero-order chi connectivity index (χ0) is 19.0. The zero-order valence-electron chi connectivity index (χ0n) is 14.2. The number of benzene rings is 1. The van der Waals surface area contributed by atoms with Gasteiger partial charge in [0.05, 0.1) is 4.92 Å². The molecular formula is C16H20F3N3O3. The van der Waals surface area contributed by atoms with Crippen molar-refractivity contribution in [2.45, 2.75) is 57.3 Å². The molecule has 1 N–H and O–H groups in total. The zero-order valence-corrected chi connectivity index (χ0v) is 14.2. The molecule has 1 fully saturated rings. The van der Waals surface area contributed by atoms with E-state index in [1.807, 2.05) is 0 Å². The van der Waals surface area contributed by atoms with Gasteiger partial charge in [-0.15, -0.1) is 0 Å². The van der Waals surface area contributed by atoms with Crippen LogP contribution in [0.4, 0.5) is 18.9 Å². The minimum atomic E-state index is -4.70. The van der Waals surface area contributed by atoms with Crippen molar-refractivity contribution in [3.8, 4) is 0 Å².